The van der Waals surface area contributed by atoms with Crippen LogP contribution >= 0.6 is 15.9 Å². The molecule has 0 bridgehead atoms. The second-order valence-corrected chi connectivity index (χ2v) is 7.06. The second-order valence-electron chi connectivity index (χ2n) is 6.14. The van der Waals surface area contributed by atoms with Gasteiger partial charge in [0.05, 0.1) is 6.10 Å². The van der Waals surface area contributed by atoms with Crippen LogP contribution in [0.1, 0.15) is 49.3 Å². The monoisotopic (exact) mass is 341 g/mol. The van der Waals surface area contributed by atoms with E-state index in [9.17, 15) is 9.50 Å². The number of rotatable bonds is 3. The highest BCUT2D eigenvalue weighted by Crippen LogP contribution is 2.35. The van der Waals surface area contributed by atoms with Crippen LogP contribution in [0.25, 0.3) is 0 Å². The average Bonchev–Trinajstić information content (AvgIpc) is 2.80. The first-order chi connectivity index (χ1) is 9.63. The van der Waals surface area contributed by atoms with Crippen molar-refractivity contribution in [3.05, 3.63) is 33.5 Å². The smallest absolute Gasteiger partial charge is 0.127 e. The summed E-state index contributed by atoms with van der Waals surface area (Å²) < 4.78 is 14.7. The first kappa shape index (κ1) is 14.5. The van der Waals surface area contributed by atoms with Gasteiger partial charge in [0.1, 0.15) is 5.82 Å². The van der Waals surface area contributed by atoms with E-state index in [0.29, 0.717) is 5.92 Å². The molecule has 0 saturated heterocycles. The number of nitrogens with one attached hydrogen (secondary N) is 1. The SMILES string of the molecule is OC1CCCC(CNC2CCc3c(F)cc(Br)cc32)C1. The maximum Gasteiger partial charge on any atom is 0.127 e. The summed E-state index contributed by atoms with van der Waals surface area (Å²) in [4.78, 5) is 0. The molecule has 1 fully saturated rings. The van der Waals surface area contributed by atoms with Crippen molar-refractivity contribution in [2.45, 2.75) is 50.7 Å². The van der Waals surface area contributed by atoms with Gasteiger partial charge in [-0.05, 0) is 67.8 Å². The van der Waals surface area contributed by atoms with Crippen LogP contribution in [0.2, 0.25) is 0 Å². The van der Waals surface area contributed by atoms with E-state index in [1.807, 2.05) is 6.07 Å². The minimum absolute atomic E-state index is 0.0910. The van der Waals surface area contributed by atoms with Crippen molar-refractivity contribution in [2.24, 2.45) is 5.92 Å². The molecule has 20 heavy (non-hydrogen) atoms. The minimum Gasteiger partial charge on any atom is -0.393 e. The number of halogens is 2. The Morgan fingerprint density at radius 1 is 1.30 bits per heavy atom. The molecule has 1 saturated carbocycles. The van der Waals surface area contributed by atoms with Crippen molar-refractivity contribution in [1.82, 2.24) is 5.32 Å². The van der Waals surface area contributed by atoms with Gasteiger partial charge in [-0.1, -0.05) is 22.4 Å². The van der Waals surface area contributed by atoms with E-state index in [2.05, 4.69) is 21.2 Å². The van der Waals surface area contributed by atoms with E-state index in [0.717, 1.165) is 54.2 Å². The van der Waals surface area contributed by atoms with Gasteiger partial charge < -0.3 is 10.4 Å². The summed E-state index contributed by atoms with van der Waals surface area (Å²) in [5, 5.41) is 13.3. The quantitative estimate of drug-likeness (QED) is 0.878. The van der Waals surface area contributed by atoms with E-state index in [1.165, 1.54) is 6.42 Å². The van der Waals surface area contributed by atoms with Crippen LogP contribution in [-0.4, -0.2) is 17.8 Å². The largest absolute Gasteiger partial charge is 0.393 e. The fourth-order valence-electron chi connectivity index (χ4n) is 3.61. The molecule has 3 unspecified atom stereocenters. The lowest BCUT2D eigenvalue weighted by molar-refractivity contribution is 0.0996. The fourth-order valence-corrected chi connectivity index (χ4v) is 4.06. The zero-order chi connectivity index (χ0) is 14.1. The van der Waals surface area contributed by atoms with Crippen LogP contribution < -0.4 is 5.32 Å². The van der Waals surface area contributed by atoms with E-state index < -0.39 is 0 Å². The molecule has 2 N–H and O–H groups in total. The van der Waals surface area contributed by atoms with Crippen molar-refractivity contribution in [3.63, 3.8) is 0 Å². The lowest BCUT2D eigenvalue weighted by Crippen LogP contribution is -2.31. The molecule has 3 rings (SSSR count). The minimum atomic E-state index is -0.127. The highest BCUT2D eigenvalue weighted by molar-refractivity contribution is 9.10. The van der Waals surface area contributed by atoms with Crippen molar-refractivity contribution in [1.29, 1.82) is 0 Å². The topological polar surface area (TPSA) is 32.3 Å². The molecule has 4 heteroatoms. The van der Waals surface area contributed by atoms with Crippen molar-refractivity contribution >= 4 is 15.9 Å². The number of hydrogen-bond acceptors (Lipinski definition) is 2. The van der Waals surface area contributed by atoms with E-state index in [1.54, 1.807) is 6.07 Å². The molecule has 0 radical (unpaired) electrons. The third-order valence-electron chi connectivity index (χ3n) is 4.66. The maximum atomic E-state index is 13.9. The van der Waals surface area contributed by atoms with Crippen molar-refractivity contribution < 1.29 is 9.50 Å². The molecule has 110 valence electrons. The van der Waals surface area contributed by atoms with Gasteiger partial charge >= 0.3 is 0 Å². The fraction of sp³-hybridized carbons (Fsp3) is 0.625. The Morgan fingerprint density at radius 3 is 2.95 bits per heavy atom. The number of hydrogen-bond donors (Lipinski definition) is 2. The first-order valence-corrected chi connectivity index (χ1v) is 8.32. The van der Waals surface area contributed by atoms with Gasteiger partial charge in [0.15, 0.2) is 0 Å². The molecule has 0 spiro atoms. The van der Waals surface area contributed by atoms with E-state index >= 15 is 0 Å². The standard InChI is InChI=1S/C16H21BrFNO/c17-11-7-14-13(15(18)8-11)4-5-16(14)19-9-10-2-1-3-12(20)6-10/h7-8,10,12,16,19-20H,1-6,9H2. The van der Waals surface area contributed by atoms with Gasteiger partial charge in [0.25, 0.3) is 0 Å². The highest BCUT2D eigenvalue weighted by atomic mass is 79.9. The summed E-state index contributed by atoms with van der Waals surface area (Å²) in [5.41, 5.74) is 1.97. The lowest BCUT2D eigenvalue weighted by atomic mass is 9.87. The molecule has 2 nitrogen and oxygen atoms in total. The van der Waals surface area contributed by atoms with Gasteiger partial charge in [-0.15, -0.1) is 0 Å². The molecule has 1 aromatic carbocycles. The first-order valence-electron chi connectivity index (χ1n) is 7.52. The lowest BCUT2D eigenvalue weighted by Gasteiger charge is -2.27. The zero-order valence-corrected chi connectivity index (χ0v) is 13.1. The van der Waals surface area contributed by atoms with Crippen molar-refractivity contribution in [2.75, 3.05) is 6.54 Å². The Kier molecular flexibility index (Phi) is 4.43. The molecule has 0 aliphatic heterocycles. The predicted octanol–water partition coefficient (Wildman–Crippen LogP) is 3.72. The Hall–Kier alpha value is -0.450. The van der Waals surface area contributed by atoms with Crippen LogP contribution in [0.3, 0.4) is 0 Å². The number of aliphatic hydroxyl groups is 1. The average molecular weight is 342 g/mol. The number of benzene rings is 1. The van der Waals surface area contributed by atoms with Crippen LogP contribution in [0.15, 0.2) is 16.6 Å². The van der Waals surface area contributed by atoms with Crippen LogP contribution in [-0.2, 0) is 6.42 Å². The van der Waals surface area contributed by atoms with E-state index in [4.69, 9.17) is 0 Å². The second kappa shape index (κ2) is 6.12. The normalized spacial score (nSPS) is 29.4. The summed E-state index contributed by atoms with van der Waals surface area (Å²) in [7, 11) is 0. The molecular weight excluding hydrogens is 321 g/mol. The summed E-state index contributed by atoms with van der Waals surface area (Å²) in [6.07, 6.45) is 5.82. The summed E-state index contributed by atoms with van der Waals surface area (Å²) in [6, 6.07) is 3.85. The molecule has 0 aromatic heterocycles. The molecular formula is C16H21BrFNO. The molecule has 3 atom stereocenters. The van der Waals surface area contributed by atoms with Crippen molar-refractivity contribution in [3.8, 4) is 0 Å². The van der Waals surface area contributed by atoms with E-state index in [-0.39, 0.29) is 18.0 Å². The Morgan fingerprint density at radius 2 is 2.15 bits per heavy atom. The van der Waals surface area contributed by atoms with Gasteiger partial charge in [-0.25, -0.2) is 4.39 Å². The third kappa shape index (κ3) is 3.07. The molecule has 2 aliphatic carbocycles. The van der Waals surface area contributed by atoms with Crippen LogP contribution in [0.4, 0.5) is 4.39 Å². The molecule has 0 amide bonds. The predicted molar refractivity (Wildman–Crippen MR) is 81.1 cm³/mol. The van der Waals surface area contributed by atoms with Gasteiger partial charge in [-0.3, -0.25) is 0 Å². The zero-order valence-electron chi connectivity index (χ0n) is 11.5. The Labute approximate surface area is 127 Å². The Balaban J connectivity index is 1.63. The number of aliphatic hydroxyl groups excluding tert-OH is 1. The Bertz CT molecular complexity index is 494. The van der Waals surface area contributed by atoms with Crippen LogP contribution in [0, 0.1) is 11.7 Å². The molecule has 1 aromatic rings. The summed E-state index contributed by atoms with van der Waals surface area (Å²) in [5.74, 6) is 0.464. The summed E-state index contributed by atoms with van der Waals surface area (Å²) in [6.45, 7) is 0.926. The molecule has 2 aliphatic rings. The highest BCUT2D eigenvalue weighted by Gasteiger charge is 2.27. The molecule has 0 heterocycles. The third-order valence-corrected chi connectivity index (χ3v) is 5.12. The van der Waals surface area contributed by atoms with Gasteiger partial charge in [0, 0.05) is 10.5 Å². The number of fused-ring (bicyclic) bond motifs is 1. The van der Waals surface area contributed by atoms with Gasteiger partial charge in [-0.2, -0.15) is 0 Å². The summed E-state index contributed by atoms with van der Waals surface area (Å²) >= 11 is 3.38. The van der Waals surface area contributed by atoms with Gasteiger partial charge in [0.2, 0.25) is 0 Å². The maximum absolute atomic E-state index is 13.9. The van der Waals surface area contributed by atoms with Crippen LogP contribution in [0.5, 0.6) is 0 Å².